The van der Waals surface area contributed by atoms with Crippen LogP contribution in [0.1, 0.15) is 55.5 Å². The third-order valence-corrected chi connectivity index (χ3v) is 13.9. The lowest BCUT2D eigenvalue weighted by Gasteiger charge is -2.60. The summed E-state index contributed by atoms with van der Waals surface area (Å²) < 4.78 is 7.39. The molecule has 2 nitrogen and oxygen atoms in total. The zero-order valence-corrected chi connectivity index (χ0v) is 30.4. The molecule has 0 radical (unpaired) electrons. The van der Waals surface area contributed by atoms with Gasteiger partial charge >= 0.3 is 0 Å². The maximum atomic E-state index is 7.39. The maximum Gasteiger partial charge on any atom is 0.151 e. The van der Waals surface area contributed by atoms with Crippen LogP contribution >= 0.6 is 0 Å². The number of rotatable bonds is 2. The summed E-state index contributed by atoms with van der Waals surface area (Å²) in [7, 11) is 0. The van der Waals surface area contributed by atoms with Gasteiger partial charge in [-0.2, -0.15) is 0 Å². The van der Waals surface area contributed by atoms with Gasteiger partial charge < -0.3 is 9.64 Å². The molecule has 0 N–H and O–H groups in total. The Morgan fingerprint density at radius 3 is 1.98 bits per heavy atom. The number of nitrogens with zero attached hydrogens (tertiary/aromatic N) is 1. The van der Waals surface area contributed by atoms with E-state index >= 15 is 0 Å². The number of allylic oxidation sites excluding steroid dienone is 4. The summed E-state index contributed by atoms with van der Waals surface area (Å²) in [6.07, 6.45) is 2.49. The lowest BCUT2D eigenvalue weighted by atomic mass is 9.52. The van der Waals surface area contributed by atoms with Crippen LogP contribution in [0.25, 0.3) is 27.8 Å². The number of hydrogen-bond donors (Lipinski definition) is 0. The Balaban J connectivity index is 1.28. The first-order valence-electron chi connectivity index (χ1n) is 19.2. The van der Waals surface area contributed by atoms with Crippen molar-refractivity contribution in [3.63, 3.8) is 0 Å². The van der Waals surface area contributed by atoms with Crippen LogP contribution in [-0.2, 0) is 10.8 Å². The second kappa shape index (κ2) is 9.76. The van der Waals surface area contributed by atoms with Crippen LogP contribution in [-0.4, -0.2) is 5.54 Å². The monoisotopic (exact) mass is 681 g/mol. The summed E-state index contributed by atoms with van der Waals surface area (Å²) in [6, 6.07) is 54.4. The van der Waals surface area contributed by atoms with Crippen molar-refractivity contribution in [3.05, 3.63) is 202 Å². The Labute approximate surface area is 311 Å². The summed E-state index contributed by atoms with van der Waals surface area (Å²) in [5.41, 5.74) is 19.1. The SMILES string of the molecule is CC1C2=C3C(C)C4=C1C(C)(c1ccccc1)C=C1Oc5cc(-c6ccccc6)ccc5N(c5cccc6c5C3(c3ccccc32)c2ccccc2-6)C14C. The predicted molar refractivity (Wildman–Crippen MR) is 215 cm³/mol. The molecule has 0 aromatic heterocycles. The molecule has 254 valence electrons. The Kier molecular flexibility index (Phi) is 5.47. The molecule has 2 aliphatic heterocycles. The molecule has 6 aromatic carbocycles. The van der Waals surface area contributed by atoms with Gasteiger partial charge in [-0.05, 0) is 105 Å². The highest BCUT2D eigenvalue weighted by molar-refractivity contribution is 6.02. The Hall–Kier alpha value is -5.86. The molecule has 12 rings (SSSR count). The van der Waals surface area contributed by atoms with Gasteiger partial charge in [0.2, 0.25) is 0 Å². The van der Waals surface area contributed by atoms with Gasteiger partial charge in [0.25, 0.3) is 0 Å². The van der Waals surface area contributed by atoms with E-state index in [1.165, 1.54) is 66.9 Å². The molecule has 5 unspecified atom stereocenters. The summed E-state index contributed by atoms with van der Waals surface area (Å²) >= 11 is 0. The standard InChI is InChI=1S/C51H39NO/c1-30-44-37-21-12-14-24-39(37)51-38-23-13-11-20-35(38)36-22-15-25-41(48(36)51)52-40-27-26-33(32-16-7-5-8-17-32)28-42(40)53-43-29-49(3,34-18-9-6-10-19-34)46(30)47(50(43,52)4)31(2)45(44)51/h5-31H,1-4H3. The van der Waals surface area contributed by atoms with E-state index in [4.69, 9.17) is 4.74 Å². The van der Waals surface area contributed by atoms with E-state index in [1.54, 1.807) is 5.57 Å². The van der Waals surface area contributed by atoms with Crippen molar-refractivity contribution in [1.82, 2.24) is 0 Å². The Bertz CT molecular complexity index is 2720. The van der Waals surface area contributed by atoms with Gasteiger partial charge in [-0.15, -0.1) is 0 Å². The second-order valence-corrected chi connectivity index (χ2v) is 16.3. The second-order valence-electron chi connectivity index (χ2n) is 16.3. The van der Waals surface area contributed by atoms with Crippen molar-refractivity contribution >= 4 is 16.9 Å². The van der Waals surface area contributed by atoms with Crippen LogP contribution in [0.15, 0.2) is 174 Å². The van der Waals surface area contributed by atoms with Crippen molar-refractivity contribution in [2.75, 3.05) is 4.90 Å². The van der Waals surface area contributed by atoms with Crippen molar-refractivity contribution in [3.8, 4) is 28.0 Å². The van der Waals surface area contributed by atoms with Crippen LogP contribution < -0.4 is 9.64 Å². The number of benzene rings is 6. The van der Waals surface area contributed by atoms with E-state index in [0.717, 1.165) is 22.8 Å². The van der Waals surface area contributed by atoms with Crippen LogP contribution in [0.5, 0.6) is 5.75 Å². The zero-order chi connectivity index (χ0) is 35.4. The fraction of sp³-hybridized carbons (Fsp3) is 0.176. The molecule has 0 amide bonds. The first kappa shape index (κ1) is 29.7. The van der Waals surface area contributed by atoms with Gasteiger partial charge in [0, 0.05) is 28.5 Å². The third-order valence-electron chi connectivity index (χ3n) is 13.9. The van der Waals surface area contributed by atoms with Gasteiger partial charge in [-0.3, -0.25) is 0 Å². The lowest BCUT2D eigenvalue weighted by Crippen LogP contribution is -2.59. The van der Waals surface area contributed by atoms with Gasteiger partial charge in [0.15, 0.2) is 5.75 Å². The number of hydrogen-bond acceptors (Lipinski definition) is 2. The maximum absolute atomic E-state index is 7.39. The van der Waals surface area contributed by atoms with E-state index in [9.17, 15) is 0 Å². The summed E-state index contributed by atoms with van der Waals surface area (Å²) in [4.78, 5) is 2.70. The minimum Gasteiger partial charge on any atom is -0.457 e. The molecular formula is C51H39NO. The van der Waals surface area contributed by atoms with Crippen molar-refractivity contribution in [2.24, 2.45) is 11.8 Å². The highest BCUT2D eigenvalue weighted by Crippen LogP contribution is 2.74. The molecule has 4 aliphatic carbocycles. The minimum atomic E-state index is -0.568. The van der Waals surface area contributed by atoms with Gasteiger partial charge in [-0.1, -0.05) is 141 Å². The average Bonchev–Trinajstić information content (AvgIpc) is 3.67. The molecule has 0 saturated carbocycles. The third kappa shape index (κ3) is 3.26. The van der Waals surface area contributed by atoms with Crippen molar-refractivity contribution in [2.45, 2.75) is 44.1 Å². The number of ether oxygens (including phenoxy) is 1. The van der Waals surface area contributed by atoms with Crippen LogP contribution in [0.2, 0.25) is 0 Å². The van der Waals surface area contributed by atoms with E-state index in [-0.39, 0.29) is 17.3 Å². The molecule has 6 aromatic rings. The number of fused-ring (bicyclic) bond motifs is 7. The quantitative estimate of drug-likeness (QED) is 0.169. The molecule has 53 heavy (non-hydrogen) atoms. The first-order valence-corrected chi connectivity index (χ1v) is 19.2. The molecule has 2 bridgehead atoms. The van der Waals surface area contributed by atoms with Gasteiger partial charge in [0.05, 0.1) is 11.1 Å². The average molecular weight is 682 g/mol. The van der Waals surface area contributed by atoms with Crippen LogP contribution in [0, 0.1) is 11.8 Å². The highest BCUT2D eigenvalue weighted by Gasteiger charge is 2.65. The topological polar surface area (TPSA) is 12.5 Å². The Morgan fingerprint density at radius 2 is 1.21 bits per heavy atom. The molecule has 2 heterocycles. The Morgan fingerprint density at radius 1 is 0.547 bits per heavy atom. The van der Waals surface area contributed by atoms with Gasteiger partial charge in [-0.25, -0.2) is 0 Å². The predicted octanol–water partition coefficient (Wildman–Crippen LogP) is 12.2. The van der Waals surface area contributed by atoms with E-state index in [2.05, 4.69) is 184 Å². The fourth-order valence-corrected chi connectivity index (χ4v) is 12.1. The van der Waals surface area contributed by atoms with E-state index in [1.807, 2.05) is 0 Å². The molecule has 6 aliphatic rings. The largest absolute Gasteiger partial charge is 0.457 e. The molecular weight excluding hydrogens is 643 g/mol. The molecule has 2 heteroatoms. The van der Waals surface area contributed by atoms with Crippen LogP contribution in [0.4, 0.5) is 11.4 Å². The summed E-state index contributed by atoms with van der Waals surface area (Å²) in [5.74, 6) is 2.24. The molecule has 1 spiro atoms. The smallest absolute Gasteiger partial charge is 0.151 e. The molecule has 0 fully saturated rings. The molecule has 5 atom stereocenters. The lowest BCUT2D eigenvalue weighted by molar-refractivity contribution is 0.289. The minimum absolute atomic E-state index is 0.143. The fourth-order valence-electron chi connectivity index (χ4n) is 12.1. The van der Waals surface area contributed by atoms with E-state index in [0.29, 0.717) is 0 Å². The van der Waals surface area contributed by atoms with Crippen molar-refractivity contribution in [1.29, 1.82) is 0 Å². The normalized spacial score (nSPS) is 27.5. The van der Waals surface area contributed by atoms with Crippen molar-refractivity contribution < 1.29 is 4.74 Å². The zero-order valence-electron chi connectivity index (χ0n) is 30.4. The summed E-state index contributed by atoms with van der Waals surface area (Å²) in [5, 5.41) is 0. The van der Waals surface area contributed by atoms with E-state index < -0.39 is 11.0 Å². The van der Waals surface area contributed by atoms with Gasteiger partial charge in [0.1, 0.15) is 11.3 Å². The molecule has 0 saturated heterocycles. The highest BCUT2D eigenvalue weighted by atomic mass is 16.5. The number of anilines is 2. The first-order chi connectivity index (χ1) is 25.9. The summed E-state index contributed by atoms with van der Waals surface area (Å²) in [6.45, 7) is 9.92. The van der Waals surface area contributed by atoms with Crippen LogP contribution in [0.3, 0.4) is 0 Å².